The second-order valence-corrected chi connectivity index (χ2v) is 4.70. The molecule has 1 aromatic carbocycles. The molecule has 2 aromatic rings. The van der Waals surface area contributed by atoms with Gasteiger partial charge in [-0.2, -0.15) is 5.10 Å². The molecule has 0 bridgehead atoms. The van der Waals surface area contributed by atoms with Crippen LogP contribution in [0.25, 0.3) is 11.1 Å². The Balaban J connectivity index is 2.36. The molecule has 0 radical (unpaired) electrons. The Morgan fingerprint density at radius 2 is 2.22 bits per heavy atom. The van der Waals surface area contributed by atoms with Crippen molar-refractivity contribution in [2.75, 3.05) is 0 Å². The van der Waals surface area contributed by atoms with Crippen molar-refractivity contribution >= 4 is 21.9 Å². The summed E-state index contributed by atoms with van der Waals surface area (Å²) in [6, 6.07) is 4.60. The highest BCUT2D eigenvalue weighted by atomic mass is 79.9. The summed E-state index contributed by atoms with van der Waals surface area (Å²) < 4.78 is 14.5. The molecule has 1 heterocycles. The predicted octanol–water partition coefficient (Wildman–Crippen LogP) is 3.00. The zero-order chi connectivity index (χ0) is 13.1. The number of H-pyrrole nitrogens is 1. The van der Waals surface area contributed by atoms with Crippen LogP contribution in [0.4, 0.5) is 4.39 Å². The van der Waals surface area contributed by atoms with Crippen molar-refractivity contribution in [3.8, 4) is 11.1 Å². The Kier molecular flexibility index (Phi) is 3.76. The lowest BCUT2D eigenvalue weighted by Gasteiger charge is -2.04. The molecular weight excluding hydrogens is 303 g/mol. The quantitative estimate of drug-likeness (QED) is 0.912. The van der Waals surface area contributed by atoms with Gasteiger partial charge < -0.3 is 5.11 Å². The minimum atomic E-state index is -0.898. The summed E-state index contributed by atoms with van der Waals surface area (Å²) >= 11 is 3.28. The van der Waals surface area contributed by atoms with Crippen molar-refractivity contribution in [1.82, 2.24) is 10.2 Å². The maximum absolute atomic E-state index is 13.7. The van der Waals surface area contributed by atoms with Crippen LogP contribution < -0.4 is 0 Å². The smallest absolute Gasteiger partial charge is 0.303 e. The third-order valence-corrected chi connectivity index (χ3v) is 3.02. The highest BCUT2D eigenvalue weighted by Gasteiger charge is 2.13. The van der Waals surface area contributed by atoms with E-state index in [1.165, 1.54) is 12.3 Å². The average Bonchev–Trinajstić information content (AvgIpc) is 2.77. The summed E-state index contributed by atoms with van der Waals surface area (Å²) in [7, 11) is 0. The zero-order valence-electron chi connectivity index (χ0n) is 9.28. The first-order valence-electron chi connectivity index (χ1n) is 5.27. The number of benzene rings is 1. The van der Waals surface area contributed by atoms with Gasteiger partial charge in [0.2, 0.25) is 0 Å². The van der Waals surface area contributed by atoms with Crippen molar-refractivity contribution in [1.29, 1.82) is 0 Å². The fraction of sp³-hybridized carbons (Fsp3) is 0.167. The third-order valence-electron chi connectivity index (χ3n) is 2.53. The third kappa shape index (κ3) is 2.76. The molecule has 0 amide bonds. The van der Waals surface area contributed by atoms with Crippen LogP contribution in [0, 0.1) is 5.82 Å². The number of carboxylic acid groups (broad SMARTS) is 1. The molecule has 0 aliphatic rings. The van der Waals surface area contributed by atoms with E-state index in [9.17, 15) is 9.18 Å². The lowest BCUT2D eigenvalue weighted by atomic mass is 10.0. The van der Waals surface area contributed by atoms with Crippen LogP contribution in [0.15, 0.2) is 28.9 Å². The summed E-state index contributed by atoms with van der Waals surface area (Å²) in [5, 5.41) is 15.2. The number of carbonyl (C=O) groups is 1. The van der Waals surface area contributed by atoms with Gasteiger partial charge in [0.05, 0.1) is 12.6 Å². The number of aliphatic carboxylic acids is 1. The molecular formula is C12H10BrFN2O2. The predicted molar refractivity (Wildman–Crippen MR) is 67.6 cm³/mol. The van der Waals surface area contributed by atoms with Crippen molar-refractivity contribution in [2.24, 2.45) is 0 Å². The molecule has 6 heteroatoms. The number of hydrogen-bond acceptors (Lipinski definition) is 2. The number of nitrogens with one attached hydrogen (secondary N) is 1. The molecule has 4 nitrogen and oxygen atoms in total. The molecule has 18 heavy (non-hydrogen) atoms. The Hall–Kier alpha value is -1.69. The van der Waals surface area contributed by atoms with Crippen molar-refractivity contribution in [3.63, 3.8) is 0 Å². The van der Waals surface area contributed by atoms with Gasteiger partial charge in [0.1, 0.15) is 5.82 Å². The molecule has 0 spiro atoms. The van der Waals surface area contributed by atoms with Crippen LogP contribution in [-0.2, 0) is 11.2 Å². The van der Waals surface area contributed by atoms with Crippen molar-refractivity contribution < 1.29 is 14.3 Å². The Labute approximate surface area is 111 Å². The van der Waals surface area contributed by atoms with E-state index in [-0.39, 0.29) is 18.7 Å². The highest BCUT2D eigenvalue weighted by Crippen LogP contribution is 2.28. The number of aromatic amines is 1. The van der Waals surface area contributed by atoms with Crippen LogP contribution in [0.5, 0.6) is 0 Å². The van der Waals surface area contributed by atoms with E-state index in [0.29, 0.717) is 16.8 Å². The van der Waals surface area contributed by atoms with Crippen LogP contribution in [0.3, 0.4) is 0 Å². The normalized spacial score (nSPS) is 10.6. The fourth-order valence-electron chi connectivity index (χ4n) is 1.67. The van der Waals surface area contributed by atoms with Crippen molar-refractivity contribution in [3.05, 3.63) is 40.4 Å². The molecule has 2 rings (SSSR count). The second kappa shape index (κ2) is 5.30. The largest absolute Gasteiger partial charge is 0.481 e. The van der Waals surface area contributed by atoms with E-state index < -0.39 is 5.97 Å². The number of aromatic nitrogens is 2. The summed E-state index contributed by atoms with van der Waals surface area (Å²) in [6.45, 7) is 0. The molecule has 0 aliphatic carbocycles. The topological polar surface area (TPSA) is 66.0 Å². The van der Waals surface area contributed by atoms with Gasteiger partial charge in [-0.1, -0.05) is 15.9 Å². The number of carboxylic acids is 1. The molecule has 1 aromatic heterocycles. The maximum atomic E-state index is 13.7. The minimum Gasteiger partial charge on any atom is -0.481 e. The number of halogens is 2. The van der Waals surface area contributed by atoms with E-state index in [4.69, 9.17) is 5.11 Å². The lowest BCUT2D eigenvalue weighted by Crippen LogP contribution is -1.99. The summed E-state index contributed by atoms with van der Waals surface area (Å²) in [4.78, 5) is 10.5. The van der Waals surface area contributed by atoms with Crippen LogP contribution >= 0.6 is 15.9 Å². The standard InChI is InChI=1S/C12H10BrFN2O2/c13-7-1-2-10(14)8(5-7)9-6-15-16-11(9)3-4-12(17)18/h1-2,5-6H,3-4H2,(H,15,16)(H,17,18). The molecule has 0 atom stereocenters. The molecule has 0 aliphatic heterocycles. The van der Waals surface area contributed by atoms with Crippen LogP contribution in [-0.4, -0.2) is 21.3 Å². The molecule has 0 unspecified atom stereocenters. The molecule has 0 saturated heterocycles. The van der Waals surface area contributed by atoms with E-state index in [2.05, 4.69) is 26.1 Å². The van der Waals surface area contributed by atoms with E-state index in [1.807, 2.05) is 0 Å². The fourth-order valence-corrected chi connectivity index (χ4v) is 2.03. The molecule has 2 N–H and O–H groups in total. The Morgan fingerprint density at radius 3 is 2.94 bits per heavy atom. The van der Waals surface area contributed by atoms with Crippen molar-refractivity contribution in [2.45, 2.75) is 12.8 Å². The number of hydrogen-bond donors (Lipinski definition) is 2. The molecule has 0 saturated carbocycles. The van der Waals surface area contributed by atoms with E-state index in [1.54, 1.807) is 12.1 Å². The van der Waals surface area contributed by atoms with Gasteiger partial charge in [-0.25, -0.2) is 4.39 Å². The maximum Gasteiger partial charge on any atom is 0.303 e. The second-order valence-electron chi connectivity index (χ2n) is 3.78. The first-order chi connectivity index (χ1) is 8.58. The van der Waals surface area contributed by atoms with Gasteiger partial charge in [0, 0.05) is 27.7 Å². The summed E-state index contributed by atoms with van der Waals surface area (Å²) in [5.41, 5.74) is 1.61. The first kappa shape index (κ1) is 12.8. The molecule has 0 fully saturated rings. The Bertz CT molecular complexity index is 583. The summed E-state index contributed by atoms with van der Waals surface area (Å²) in [6.07, 6.45) is 1.77. The van der Waals surface area contributed by atoms with Crippen LogP contribution in [0.2, 0.25) is 0 Å². The van der Waals surface area contributed by atoms with Gasteiger partial charge in [0.25, 0.3) is 0 Å². The zero-order valence-corrected chi connectivity index (χ0v) is 10.9. The van der Waals surface area contributed by atoms with E-state index in [0.717, 1.165) is 4.47 Å². The SMILES string of the molecule is O=C(O)CCc1[nH]ncc1-c1cc(Br)ccc1F. The monoisotopic (exact) mass is 312 g/mol. The highest BCUT2D eigenvalue weighted by molar-refractivity contribution is 9.10. The first-order valence-corrected chi connectivity index (χ1v) is 6.06. The van der Waals surface area contributed by atoms with Gasteiger partial charge in [-0.3, -0.25) is 9.89 Å². The minimum absolute atomic E-state index is 0.0230. The van der Waals surface area contributed by atoms with Gasteiger partial charge in [-0.15, -0.1) is 0 Å². The Morgan fingerprint density at radius 1 is 1.44 bits per heavy atom. The van der Waals surface area contributed by atoms with Gasteiger partial charge in [0.15, 0.2) is 0 Å². The number of nitrogens with zero attached hydrogens (tertiary/aromatic N) is 1. The lowest BCUT2D eigenvalue weighted by molar-refractivity contribution is -0.136. The van der Waals surface area contributed by atoms with E-state index >= 15 is 0 Å². The number of rotatable bonds is 4. The average molecular weight is 313 g/mol. The van der Waals surface area contributed by atoms with Gasteiger partial charge in [-0.05, 0) is 18.2 Å². The molecule has 94 valence electrons. The number of aryl methyl sites for hydroxylation is 1. The van der Waals surface area contributed by atoms with Crippen LogP contribution in [0.1, 0.15) is 12.1 Å². The summed E-state index contributed by atoms with van der Waals surface area (Å²) in [5.74, 6) is -1.26. The van der Waals surface area contributed by atoms with Gasteiger partial charge >= 0.3 is 5.97 Å².